The van der Waals surface area contributed by atoms with E-state index in [2.05, 4.69) is 27.2 Å². The van der Waals surface area contributed by atoms with Gasteiger partial charge < -0.3 is 15.0 Å². The quantitative estimate of drug-likeness (QED) is 0.896. The lowest BCUT2D eigenvalue weighted by Gasteiger charge is -2.25. The minimum atomic E-state index is 0.672. The van der Waals surface area contributed by atoms with Crippen molar-refractivity contribution in [3.8, 4) is 5.75 Å². The molecule has 2 heterocycles. The van der Waals surface area contributed by atoms with Crippen LogP contribution in [0.5, 0.6) is 5.75 Å². The van der Waals surface area contributed by atoms with E-state index >= 15 is 0 Å². The van der Waals surface area contributed by atoms with E-state index in [1.807, 2.05) is 20.0 Å². The molecule has 19 heavy (non-hydrogen) atoms. The Balaban J connectivity index is 2.10. The molecule has 0 aliphatic carbocycles. The third-order valence-electron chi connectivity index (χ3n) is 3.44. The maximum atomic E-state index is 5.42. The van der Waals surface area contributed by atoms with E-state index < -0.39 is 0 Å². The molecular weight excluding hydrogens is 240 g/mol. The third-order valence-corrected chi connectivity index (χ3v) is 3.44. The van der Waals surface area contributed by atoms with Gasteiger partial charge in [-0.3, -0.25) is 9.98 Å². The predicted molar refractivity (Wildman–Crippen MR) is 76.7 cm³/mol. The highest BCUT2D eigenvalue weighted by molar-refractivity contribution is 5.80. The minimum Gasteiger partial charge on any atom is -0.496 e. The van der Waals surface area contributed by atoms with Crippen molar-refractivity contribution in [3.63, 3.8) is 0 Å². The Morgan fingerprint density at radius 3 is 2.89 bits per heavy atom. The molecule has 1 aliphatic rings. The van der Waals surface area contributed by atoms with Crippen LogP contribution >= 0.6 is 0 Å². The molecule has 0 radical (unpaired) electrons. The molecule has 0 fully saturated rings. The Morgan fingerprint density at radius 2 is 2.21 bits per heavy atom. The number of aromatic nitrogens is 1. The van der Waals surface area contributed by atoms with Crippen molar-refractivity contribution in [2.45, 2.75) is 26.8 Å². The molecule has 104 valence electrons. The summed E-state index contributed by atoms with van der Waals surface area (Å²) in [5.74, 6) is 1.87. The van der Waals surface area contributed by atoms with E-state index in [1.54, 1.807) is 7.11 Å². The summed E-state index contributed by atoms with van der Waals surface area (Å²) >= 11 is 0. The fourth-order valence-electron chi connectivity index (χ4n) is 2.32. The Hall–Kier alpha value is -1.78. The number of rotatable bonds is 3. The van der Waals surface area contributed by atoms with E-state index in [9.17, 15) is 0 Å². The molecule has 0 amide bonds. The molecule has 5 heteroatoms. The molecular formula is C14H22N4O. The first-order chi connectivity index (χ1) is 9.13. The number of hydrogen-bond acceptors (Lipinski definition) is 5. The highest BCUT2D eigenvalue weighted by Crippen LogP contribution is 2.23. The van der Waals surface area contributed by atoms with Crippen LogP contribution in [-0.2, 0) is 6.54 Å². The third kappa shape index (κ3) is 2.97. The van der Waals surface area contributed by atoms with Crippen molar-refractivity contribution in [2.75, 3.05) is 27.2 Å². The standard InChI is InChI=1S/C14H22N4O/c1-10-8-16-12(11(2)13(10)19-4)9-17-14-15-6-5-7-18(14)3/h8H,5-7,9H2,1-4H3,(H,15,17). The van der Waals surface area contributed by atoms with Crippen LogP contribution in [0.25, 0.3) is 0 Å². The topological polar surface area (TPSA) is 49.8 Å². The number of aryl methyl sites for hydroxylation is 1. The van der Waals surface area contributed by atoms with Crippen LogP contribution in [0.15, 0.2) is 11.2 Å². The predicted octanol–water partition coefficient (Wildman–Crippen LogP) is 1.49. The van der Waals surface area contributed by atoms with E-state index in [4.69, 9.17) is 4.74 Å². The summed E-state index contributed by atoms with van der Waals surface area (Å²) in [5.41, 5.74) is 3.16. The lowest BCUT2D eigenvalue weighted by Crippen LogP contribution is -2.42. The number of hydrogen-bond donors (Lipinski definition) is 1. The Morgan fingerprint density at radius 1 is 1.42 bits per heavy atom. The molecule has 0 atom stereocenters. The molecule has 0 unspecified atom stereocenters. The van der Waals surface area contributed by atoms with Gasteiger partial charge in [0.25, 0.3) is 0 Å². The van der Waals surface area contributed by atoms with Gasteiger partial charge in [-0.25, -0.2) is 0 Å². The zero-order valence-electron chi connectivity index (χ0n) is 12.2. The Bertz CT molecular complexity index is 485. The van der Waals surface area contributed by atoms with E-state index in [0.717, 1.165) is 48.0 Å². The summed E-state index contributed by atoms with van der Waals surface area (Å²) in [4.78, 5) is 11.1. The van der Waals surface area contributed by atoms with Crippen molar-refractivity contribution in [1.82, 2.24) is 15.2 Å². The second-order valence-corrected chi connectivity index (χ2v) is 4.88. The largest absolute Gasteiger partial charge is 0.496 e. The first-order valence-corrected chi connectivity index (χ1v) is 6.62. The Kier molecular flexibility index (Phi) is 4.24. The van der Waals surface area contributed by atoms with Gasteiger partial charge in [-0.1, -0.05) is 0 Å². The first kappa shape index (κ1) is 13.6. The molecule has 0 aromatic carbocycles. The SMILES string of the molecule is COc1c(C)cnc(CNC2=NCCCN2C)c1C. The van der Waals surface area contributed by atoms with Crippen molar-refractivity contribution in [2.24, 2.45) is 4.99 Å². The van der Waals surface area contributed by atoms with Gasteiger partial charge in [0, 0.05) is 37.5 Å². The number of nitrogens with one attached hydrogen (secondary N) is 1. The van der Waals surface area contributed by atoms with Crippen molar-refractivity contribution >= 4 is 5.96 Å². The summed E-state index contributed by atoms with van der Waals surface area (Å²) < 4.78 is 5.42. The number of pyridine rings is 1. The highest BCUT2D eigenvalue weighted by Gasteiger charge is 2.13. The zero-order chi connectivity index (χ0) is 13.8. The number of guanidine groups is 1. The highest BCUT2D eigenvalue weighted by atomic mass is 16.5. The lowest BCUT2D eigenvalue weighted by molar-refractivity contribution is 0.406. The van der Waals surface area contributed by atoms with Gasteiger partial charge in [-0.15, -0.1) is 0 Å². The summed E-state index contributed by atoms with van der Waals surface area (Å²) in [5, 5.41) is 3.36. The van der Waals surface area contributed by atoms with Gasteiger partial charge in [0.2, 0.25) is 0 Å². The molecule has 1 aliphatic heterocycles. The molecule has 0 saturated carbocycles. The molecule has 0 bridgehead atoms. The normalized spacial score (nSPS) is 15.2. The monoisotopic (exact) mass is 262 g/mol. The van der Waals surface area contributed by atoms with Crippen LogP contribution in [-0.4, -0.2) is 43.1 Å². The average molecular weight is 262 g/mol. The summed E-state index contributed by atoms with van der Waals surface area (Å²) in [7, 11) is 3.76. The Labute approximate surface area is 114 Å². The average Bonchev–Trinajstić information content (AvgIpc) is 2.40. The van der Waals surface area contributed by atoms with Gasteiger partial charge in [0.1, 0.15) is 5.75 Å². The van der Waals surface area contributed by atoms with Gasteiger partial charge in [0.15, 0.2) is 5.96 Å². The number of nitrogens with zero attached hydrogens (tertiary/aromatic N) is 3. The number of ether oxygens (including phenoxy) is 1. The van der Waals surface area contributed by atoms with Crippen LogP contribution in [0, 0.1) is 13.8 Å². The molecule has 5 nitrogen and oxygen atoms in total. The lowest BCUT2D eigenvalue weighted by atomic mass is 10.1. The summed E-state index contributed by atoms with van der Waals surface area (Å²) in [6.07, 6.45) is 2.98. The van der Waals surface area contributed by atoms with Crippen LogP contribution in [0.4, 0.5) is 0 Å². The molecule has 2 rings (SSSR count). The van der Waals surface area contributed by atoms with E-state index in [0.29, 0.717) is 6.54 Å². The van der Waals surface area contributed by atoms with Crippen molar-refractivity contribution < 1.29 is 4.74 Å². The number of methoxy groups -OCH3 is 1. The number of aliphatic imine (C=N–C) groups is 1. The molecule has 1 N–H and O–H groups in total. The molecule has 0 spiro atoms. The van der Waals surface area contributed by atoms with Gasteiger partial charge >= 0.3 is 0 Å². The fraction of sp³-hybridized carbons (Fsp3) is 0.571. The summed E-state index contributed by atoms with van der Waals surface area (Å²) in [6, 6.07) is 0. The smallest absolute Gasteiger partial charge is 0.193 e. The van der Waals surface area contributed by atoms with Gasteiger partial charge in [0.05, 0.1) is 19.3 Å². The van der Waals surface area contributed by atoms with Gasteiger partial charge in [-0.2, -0.15) is 0 Å². The second kappa shape index (κ2) is 5.91. The van der Waals surface area contributed by atoms with Crippen molar-refractivity contribution in [1.29, 1.82) is 0 Å². The molecule has 1 aromatic heterocycles. The van der Waals surface area contributed by atoms with Gasteiger partial charge in [-0.05, 0) is 20.3 Å². The summed E-state index contributed by atoms with van der Waals surface area (Å²) in [6.45, 7) is 6.68. The maximum Gasteiger partial charge on any atom is 0.193 e. The van der Waals surface area contributed by atoms with Crippen LogP contribution in [0.2, 0.25) is 0 Å². The van der Waals surface area contributed by atoms with Crippen LogP contribution in [0.3, 0.4) is 0 Å². The molecule has 1 aromatic rings. The van der Waals surface area contributed by atoms with E-state index in [-0.39, 0.29) is 0 Å². The van der Waals surface area contributed by atoms with Crippen molar-refractivity contribution in [3.05, 3.63) is 23.0 Å². The van der Waals surface area contributed by atoms with Crippen LogP contribution < -0.4 is 10.1 Å². The minimum absolute atomic E-state index is 0.672. The van der Waals surface area contributed by atoms with Crippen LogP contribution in [0.1, 0.15) is 23.2 Å². The zero-order valence-corrected chi connectivity index (χ0v) is 12.2. The van der Waals surface area contributed by atoms with E-state index in [1.165, 1.54) is 0 Å². The second-order valence-electron chi connectivity index (χ2n) is 4.88. The fourth-order valence-corrected chi connectivity index (χ4v) is 2.32. The maximum absolute atomic E-state index is 5.42. The first-order valence-electron chi connectivity index (χ1n) is 6.62. The molecule has 0 saturated heterocycles.